The topological polar surface area (TPSA) is 112 Å². The predicted octanol–water partition coefficient (Wildman–Crippen LogP) is 5.97. The van der Waals surface area contributed by atoms with E-state index in [0.29, 0.717) is 5.69 Å². The van der Waals surface area contributed by atoms with Gasteiger partial charge in [-0.1, -0.05) is 24.6 Å². The number of H-pyrrole nitrogens is 2. The summed E-state index contributed by atoms with van der Waals surface area (Å²) in [6.07, 6.45) is 8.26. The highest BCUT2D eigenvalue weighted by atomic mass is 16.1. The largest absolute Gasteiger partial charge is 0.353 e. The van der Waals surface area contributed by atoms with Gasteiger partial charge in [0.2, 0.25) is 5.91 Å². The van der Waals surface area contributed by atoms with E-state index in [9.17, 15) is 4.79 Å². The second kappa shape index (κ2) is 8.67. The fourth-order valence-corrected chi connectivity index (χ4v) is 4.84. The lowest BCUT2D eigenvalue weighted by Gasteiger charge is -2.24. The zero-order chi connectivity index (χ0) is 24.8. The Bertz CT molecular complexity index is 1770. The molecule has 0 saturated heterocycles. The molecule has 1 fully saturated rings. The summed E-state index contributed by atoms with van der Waals surface area (Å²) >= 11 is 0. The van der Waals surface area contributed by atoms with Gasteiger partial charge in [-0.25, -0.2) is 4.98 Å². The second-order valence-electron chi connectivity index (χ2n) is 9.41. The van der Waals surface area contributed by atoms with Crippen molar-refractivity contribution in [1.29, 1.82) is 0 Å². The van der Waals surface area contributed by atoms with Crippen LogP contribution in [0.3, 0.4) is 0 Å². The van der Waals surface area contributed by atoms with Gasteiger partial charge in [-0.3, -0.25) is 19.9 Å². The molecule has 7 rings (SSSR count). The van der Waals surface area contributed by atoms with E-state index in [4.69, 9.17) is 4.98 Å². The molecular formula is C29H23N7O. The molecule has 0 atom stereocenters. The van der Waals surface area contributed by atoms with Gasteiger partial charge in [0.25, 0.3) is 0 Å². The summed E-state index contributed by atoms with van der Waals surface area (Å²) in [5, 5.41) is 11.8. The first-order chi connectivity index (χ1) is 18.2. The molecule has 0 bridgehead atoms. The van der Waals surface area contributed by atoms with E-state index in [1.54, 1.807) is 18.6 Å². The van der Waals surface area contributed by atoms with Gasteiger partial charge in [-0.05, 0) is 55.3 Å². The van der Waals surface area contributed by atoms with Crippen molar-refractivity contribution in [1.82, 2.24) is 30.1 Å². The smallest absolute Gasteiger partial charge is 0.227 e. The van der Waals surface area contributed by atoms with Gasteiger partial charge in [-0.15, -0.1) is 0 Å². The fourth-order valence-electron chi connectivity index (χ4n) is 4.84. The summed E-state index contributed by atoms with van der Waals surface area (Å²) in [6, 6.07) is 20.0. The van der Waals surface area contributed by atoms with Crippen LogP contribution in [0.1, 0.15) is 19.3 Å². The van der Waals surface area contributed by atoms with Crippen molar-refractivity contribution in [3.05, 3.63) is 79.3 Å². The molecule has 1 aliphatic rings. The normalized spacial score (nSPS) is 13.6. The van der Waals surface area contributed by atoms with Crippen LogP contribution in [0.4, 0.5) is 5.69 Å². The number of aromatic amines is 2. The molecular weight excluding hydrogens is 462 g/mol. The number of nitrogens with zero attached hydrogens (tertiary/aromatic N) is 4. The highest BCUT2D eigenvalue weighted by Gasteiger charge is 2.25. The van der Waals surface area contributed by atoms with Crippen molar-refractivity contribution in [2.45, 2.75) is 19.3 Å². The predicted molar refractivity (Wildman–Crippen MR) is 144 cm³/mol. The van der Waals surface area contributed by atoms with E-state index in [1.165, 1.54) is 0 Å². The van der Waals surface area contributed by atoms with Gasteiger partial charge in [0.1, 0.15) is 11.2 Å². The molecule has 1 amide bonds. The standard InChI is InChI=1S/C29H23N7O/c37-29(17-5-3-6-17)32-19-13-18(15-30-16-19)22-10-11-25-27(34-22)28(36-35-25)26-14-21-20(7-4-9-24(21)33-26)23-8-1-2-12-31-23/h1-2,4,7-17,33H,3,5-6H2,(H,32,37)(H,35,36). The second-order valence-corrected chi connectivity index (χ2v) is 9.41. The number of carbonyl (C=O) groups is 1. The van der Waals surface area contributed by atoms with Crippen LogP contribution in [0.5, 0.6) is 0 Å². The first-order valence-electron chi connectivity index (χ1n) is 12.4. The minimum atomic E-state index is 0.0645. The number of aromatic nitrogens is 6. The summed E-state index contributed by atoms with van der Waals surface area (Å²) in [4.78, 5) is 29.7. The molecule has 3 N–H and O–H groups in total. The van der Waals surface area contributed by atoms with Gasteiger partial charge >= 0.3 is 0 Å². The maximum absolute atomic E-state index is 12.4. The maximum Gasteiger partial charge on any atom is 0.227 e. The first kappa shape index (κ1) is 21.4. The lowest BCUT2D eigenvalue weighted by molar-refractivity contribution is -0.122. The Kier molecular flexibility index (Phi) is 5.02. The lowest BCUT2D eigenvalue weighted by atomic mass is 9.85. The maximum atomic E-state index is 12.4. The van der Waals surface area contributed by atoms with Gasteiger partial charge in [0.05, 0.1) is 34.5 Å². The number of carbonyl (C=O) groups excluding carboxylic acids is 1. The van der Waals surface area contributed by atoms with E-state index < -0.39 is 0 Å². The Labute approximate surface area is 212 Å². The Morgan fingerprint density at radius 1 is 0.946 bits per heavy atom. The van der Waals surface area contributed by atoms with Gasteiger partial charge < -0.3 is 10.3 Å². The monoisotopic (exact) mass is 485 g/mol. The van der Waals surface area contributed by atoms with Crippen molar-refractivity contribution in [2.75, 3.05) is 5.32 Å². The Hall–Kier alpha value is -4.85. The summed E-state index contributed by atoms with van der Waals surface area (Å²) < 4.78 is 0. The van der Waals surface area contributed by atoms with Crippen molar-refractivity contribution in [3.63, 3.8) is 0 Å². The third-order valence-corrected chi connectivity index (χ3v) is 7.05. The van der Waals surface area contributed by atoms with Crippen molar-refractivity contribution in [3.8, 4) is 33.9 Å². The quantitative estimate of drug-likeness (QED) is 0.279. The van der Waals surface area contributed by atoms with Crippen LogP contribution in [0.15, 0.2) is 79.3 Å². The molecule has 8 nitrogen and oxygen atoms in total. The van der Waals surface area contributed by atoms with Gasteiger partial charge in [0.15, 0.2) is 0 Å². The van der Waals surface area contributed by atoms with Crippen molar-refractivity contribution < 1.29 is 4.79 Å². The highest BCUT2D eigenvalue weighted by Crippen LogP contribution is 2.34. The van der Waals surface area contributed by atoms with E-state index in [-0.39, 0.29) is 11.8 Å². The van der Waals surface area contributed by atoms with E-state index in [2.05, 4.69) is 42.6 Å². The minimum Gasteiger partial charge on any atom is -0.353 e. The van der Waals surface area contributed by atoms with Crippen LogP contribution < -0.4 is 5.32 Å². The van der Waals surface area contributed by atoms with Gasteiger partial charge in [0, 0.05) is 40.3 Å². The minimum absolute atomic E-state index is 0.0645. The lowest BCUT2D eigenvalue weighted by Crippen LogP contribution is -2.28. The number of rotatable bonds is 5. The number of nitrogens with one attached hydrogen (secondary N) is 3. The zero-order valence-corrected chi connectivity index (χ0v) is 19.9. The van der Waals surface area contributed by atoms with Crippen LogP contribution in [-0.2, 0) is 4.79 Å². The highest BCUT2D eigenvalue weighted by molar-refractivity contribution is 6.00. The number of pyridine rings is 3. The average Bonchev–Trinajstić information content (AvgIpc) is 3.52. The number of hydrogen-bond donors (Lipinski definition) is 3. The van der Waals surface area contributed by atoms with E-state index in [0.717, 1.165) is 75.1 Å². The molecule has 180 valence electrons. The summed E-state index contributed by atoms with van der Waals surface area (Å²) in [5.41, 5.74) is 8.45. The Morgan fingerprint density at radius 3 is 2.73 bits per heavy atom. The SMILES string of the molecule is O=C(Nc1cncc(-c2ccc3[nH]nc(-c4cc5c(-c6ccccn6)cccc5[nH]4)c3n2)c1)C1CCC1. The van der Waals surface area contributed by atoms with E-state index in [1.807, 2.05) is 48.5 Å². The average molecular weight is 486 g/mol. The molecule has 6 aromatic rings. The Balaban J connectivity index is 1.26. The molecule has 0 spiro atoms. The summed E-state index contributed by atoms with van der Waals surface area (Å²) in [7, 11) is 0. The number of fused-ring (bicyclic) bond motifs is 2. The molecule has 5 heterocycles. The molecule has 0 unspecified atom stereocenters. The molecule has 0 aliphatic heterocycles. The summed E-state index contributed by atoms with van der Waals surface area (Å²) in [5.74, 6) is 0.177. The number of hydrogen-bond acceptors (Lipinski definition) is 5. The van der Waals surface area contributed by atoms with Crippen molar-refractivity contribution in [2.24, 2.45) is 5.92 Å². The molecule has 5 aromatic heterocycles. The molecule has 8 heteroatoms. The molecule has 1 aromatic carbocycles. The number of anilines is 1. The van der Waals surface area contributed by atoms with Crippen LogP contribution in [0, 0.1) is 5.92 Å². The number of amides is 1. The molecule has 1 aliphatic carbocycles. The fraction of sp³-hybridized carbons (Fsp3) is 0.138. The van der Waals surface area contributed by atoms with Crippen LogP contribution in [-0.4, -0.2) is 36.0 Å². The van der Waals surface area contributed by atoms with Crippen LogP contribution in [0.25, 0.3) is 55.8 Å². The van der Waals surface area contributed by atoms with Gasteiger partial charge in [-0.2, -0.15) is 5.10 Å². The third kappa shape index (κ3) is 3.83. The third-order valence-electron chi connectivity index (χ3n) is 7.05. The molecule has 1 saturated carbocycles. The van der Waals surface area contributed by atoms with Crippen molar-refractivity contribution >= 4 is 33.5 Å². The molecule has 37 heavy (non-hydrogen) atoms. The Morgan fingerprint density at radius 2 is 1.89 bits per heavy atom. The van der Waals surface area contributed by atoms with Crippen LogP contribution >= 0.6 is 0 Å². The zero-order valence-electron chi connectivity index (χ0n) is 19.9. The first-order valence-corrected chi connectivity index (χ1v) is 12.4. The number of benzene rings is 1. The summed E-state index contributed by atoms with van der Waals surface area (Å²) in [6.45, 7) is 0. The molecule has 0 radical (unpaired) electrons. The van der Waals surface area contributed by atoms with Crippen LogP contribution in [0.2, 0.25) is 0 Å². The van der Waals surface area contributed by atoms with E-state index >= 15 is 0 Å².